The highest BCUT2D eigenvalue weighted by Crippen LogP contribution is 2.44. The van der Waals surface area contributed by atoms with Crippen molar-refractivity contribution in [2.75, 3.05) is 18.1 Å². The molecule has 1 aliphatic heterocycles. The van der Waals surface area contributed by atoms with Crippen molar-refractivity contribution < 1.29 is 14.3 Å². The minimum absolute atomic E-state index is 0.0580. The molecule has 1 aliphatic carbocycles. The smallest absolute Gasteiger partial charge is 0.345 e. The van der Waals surface area contributed by atoms with E-state index in [1.807, 2.05) is 18.2 Å². The quantitative estimate of drug-likeness (QED) is 0.353. The molecule has 2 aliphatic rings. The highest BCUT2D eigenvalue weighted by molar-refractivity contribution is 7.97. The van der Waals surface area contributed by atoms with Gasteiger partial charge in [0.05, 0.1) is 0 Å². The van der Waals surface area contributed by atoms with Crippen LogP contribution in [0.5, 0.6) is 5.75 Å². The Morgan fingerprint density at radius 2 is 1.55 bits per heavy atom. The highest BCUT2D eigenvalue weighted by atomic mass is 32.2. The lowest BCUT2D eigenvalue weighted by atomic mass is 9.87. The van der Waals surface area contributed by atoms with Crippen molar-refractivity contribution >= 4 is 27.6 Å². The van der Waals surface area contributed by atoms with Gasteiger partial charge in [-0.05, 0) is 73.6 Å². The minimum Gasteiger partial charge on any atom is -0.482 e. The second-order valence-electron chi connectivity index (χ2n) is 8.57. The summed E-state index contributed by atoms with van der Waals surface area (Å²) in [6.07, 6.45) is 6.55. The lowest BCUT2D eigenvalue weighted by Crippen LogP contribution is -2.32. The molecular formula is C27H29O3S+. The van der Waals surface area contributed by atoms with Crippen molar-refractivity contribution in [1.82, 2.24) is 0 Å². The monoisotopic (exact) mass is 433 g/mol. The Morgan fingerprint density at radius 1 is 0.839 bits per heavy atom. The summed E-state index contributed by atoms with van der Waals surface area (Å²) in [4.78, 5) is 14.2. The van der Waals surface area contributed by atoms with E-state index in [0.29, 0.717) is 10.9 Å². The third kappa shape index (κ3) is 4.31. The van der Waals surface area contributed by atoms with E-state index in [1.165, 1.54) is 40.0 Å². The molecule has 0 spiro atoms. The fraction of sp³-hybridized carbons (Fsp3) is 0.370. The molecule has 4 heteroatoms. The molecule has 0 aromatic heterocycles. The number of esters is 1. The summed E-state index contributed by atoms with van der Waals surface area (Å²) in [6, 6.07) is 22.9. The number of carbonyl (C=O) groups is 1. The van der Waals surface area contributed by atoms with Gasteiger partial charge in [0.15, 0.2) is 11.5 Å². The van der Waals surface area contributed by atoms with Gasteiger partial charge in [-0.1, -0.05) is 42.5 Å². The van der Waals surface area contributed by atoms with Crippen LogP contribution < -0.4 is 4.74 Å². The second-order valence-corrected chi connectivity index (χ2v) is 10.8. The van der Waals surface area contributed by atoms with Crippen LogP contribution in [0.25, 0.3) is 10.8 Å². The number of rotatable bonds is 6. The Bertz CT molecular complexity index is 1040. The largest absolute Gasteiger partial charge is 0.482 e. The number of ether oxygens (including phenoxy) is 2. The molecule has 160 valence electrons. The van der Waals surface area contributed by atoms with Gasteiger partial charge >= 0.3 is 5.97 Å². The molecule has 1 saturated carbocycles. The fourth-order valence-electron chi connectivity index (χ4n) is 5.00. The van der Waals surface area contributed by atoms with Crippen molar-refractivity contribution in [3.05, 3.63) is 72.3 Å². The molecule has 2 fully saturated rings. The lowest BCUT2D eigenvalue weighted by Gasteiger charge is -2.31. The Balaban J connectivity index is 1.28. The molecule has 0 bridgehead atoms. The summed E-state index contributed by atoms with van der Waals surface area (Å²) in [5.74, 6) is 3.05. The summed E-state index contributed by atoms with van der Waals surface area (Å²) in [7, 11) is 0.399. The fourth-order valence-corrected chi connectivity index (χ4v) is 7.31. The summed E-state index contributed by atoms with van der Waals surface area (Å²) < 4.78 is 11.9. The van der Waals surface area contributed by atoms with Crippen molar-refractivity contribution in [3.8, 4) is 5.75 Å². The minimum atomic E-state index is -0.547. The zero-order chi connectivity index (χ0) is 21.1. The van der Waals surface area contributed by atoms with Gasteiger partial charge in [-0.3, -0.25) is 0 Å². The van der Waals surface area contributed by atoms with Gasteiger partial charge in [0.2, 0.25) is 0 Å². The molecule has 0 radical (unpaired) electrons. The van der Waals surface area contributed by atoms with Crippen LogP contribution in [0.4, 0.5) is 0 Å². The van der Waals surface area contributed by atoms with Gasteiger partial charge in [-0.15, -0.1) is 0 Å². The molecule has 0 atom stereocenters. The van der Waals surface area contributed by atoms with Gasteiger partial charge in [-0.25, -0.2) is 4.79 Å². The lowest BCUT2D eigenvalue weighted by molar-refractivity contribution is -0.163. The van der Waals surface area contributed by atoms with E-state index in [2.05, 4.69) is 48.5 Å². The third-order valence-electron chi connectivity index (χ3n) is 6.55. The zero-order valence-corrected chi connectivity index (χ0v) is 18.7. The number of carbonyl (C=O) groups excluding carboxylic acids is 1. The first kappa shape index (κ1) is 20.4. The van der Waals surface area contributed by atoms with E-state index in [1.54, 1.807) is 0 Å². The summed E-state index contributed by atoms with van der Waals surface area (Å²) in [5, 5.41) is 2.35. The first-order chi connectivity index (χ1) is 15.2. The summed E-state index contributed by atoms with van der Waals surface area (Å²) in [5.41, 5.74) is 0.577. The van der Waals surface area contributed by atoms with Crippen molar-refractivity contribution in [1.29, 1.82) is 0 Å². The summed E-state index contributed by atoms with van der Waals surface area (Å²) >= 11 is 0. The Kier molecular flexibility index (Phi) is 5.91. The van der Waals surface area contributed by atoms with Crippen LogP contribution >= 0.6 is 0 Å². The van der Waals surface area contributed by atoms with Gasteiger partial charge in [0, 0.05) is 16.5 Å². The number of fused-ring (bicyclic) bond motifs is 1. The molecule has 3 aromatic carbocycles. The van der Waals surface area contributed by atoms with E-state index in [9.17, 15) is 4.79 Å². The SMILES string of the molecule is O=C(COc1ccc([S+]2CCCC2)cc1)OC1(c2cccc3ccccc23)CCCC1. The van der Waals surface area contributed by atoms with Gasteiger partial charge < -0.3 is 9.47 Å². The zero-order valence-electron chi connectivity index (χ0n) is 17.8. The van der Waals surface area contributed by atoms with Crippen molar-refractivity contribution in [2.45, 2.75) is 49.0 Å². The topological polar surface area (TPSA) is 35.5 Å². The molecule has 1 heterocycles. The van der Waals surface area contributed by atoms with Gasteiger partial charge in [-0.2, -0.15) is 0 Å². The number of hydrogen-bond acceptors (Lipinski definition) is 3. The van der Waals surface area contributed by atoms with E-state index in [4.69, 9.17) is 9.47 Å². The van der Waals surface area contributed by atoms with Crippen molar-refractivity contribution in [3.63, 3.8) is 0 Å². The van der Waals surface area contributed by atoms with Gasteiger partial charge in [0.1, 0.15) is 22.9 Å². The van der Waals surface area contributed by atoms with E-state index >= 15 is 0 Å². The molecule has 3 aromatic rings. The first-order valence-electron chi connectivity index (χ1n) is 11.3. The number of benzene rings is 3. The predicted octanol–water partition coefficient (Wildman–Crippen LogP) is 6.00. The molecule has 3 nitrogen and oxygen atoms in total. The van der Waals surface area contributed by atoms with Crippen LogP contribution in [0, 0.1) is 0 Å². The van der Waals surface area contributed by atoms with Crippen LogP contribution in [0.1, 0.15) is 44.1 Å². The first-order valence-corrected chi connectivity index (χ1v) is 12.9. The van der Waals surface area contributed by atoms with Crippen LogP contribution in [-0.2, 0) is 26.0 Å². The van der Waals surface area contributed by atoms with E-state index in [0.717, 1.165) is 37.0 Å². The molecule has 31 heavy (non-hydrogen) atoms. The van der Waals surface area contributed by atoms with E-state index < -0.39 is 5.60 Å². The van der Waals surface area contributed by atoms with Crippen molar-refractivity contribution in [2.24, 2.45) is 0 Å². The molecule has 0 N–H and O–H groups in total. The molecule has 1 saturated heterocycles. The Morgan fingerprint density at radius 3 is 2.32 bits per heavy atom. The average Bonchev–Trinajstić information content (AvgIpc) is 3.51. The Labute approximate surface area is 187 Å². The maximum Gasteiger partial charge on any atom is 0.345 e. The maximum absolute atomic E-state index is 12.8. The summed E-state index contributed by atoms with van der Waals surface area (Å²) in [6.45, 7) is -0.0580. The normalized spacial score (nSPS) is 18.3. The van der Waals surface area contributed by atoms with Gasteiger partial charge in [0.25, 0.3) is 0 Å². The number of hydrogen-bond donors (Lipinski definition) is 0. The van der Waals surface area contributed by atoms with Crippen LogP contribution in [0.3, 0.4) is 0 Å². The molecule has 0 unspecified atom stereocenters. The molecule has 5 rings (SSSR count). The molecular weight excluding hydrogens is 404 g/mol. The van der Waals surface area contributed by atoms with E-state index in [-0.39, 0.29) is 12.6 Å². The van der Waals surface area contributed by atoms with Crippen LogP contribution in [-0.4, -0.2) is 24.1 Å². The standard InChI is InChI=1S/C27H29O3S/c28-26(20-29-22-12-14-23(15-13-22)31-18-5-6-19-31)30-27(16-3-4-17-27)25-11-7-9-21-8-1-2-10-24(21)25/h1-2,7-15H,3-6,16-20H2/q+1. The van der Waals surface area contributed by atoms with Crippen LogP contribution in [0.15, 0.2) is 71.6 Å². The third-order valence-corrected chi connectivity index (χ3v) is 9.05. The van der Waals surface area contributed by atoms with Crippen LogP contribution in [0.2, 0.25) is 0 Å². The predicted molar refractivity (Wildman–Crippen MR) is 127 cm³/mol. The highest BCUT2D eigenvalue weighted by Gasteiger charge is 2.40. The Hall–Kier alpha value is -2.46. The molecule has 0 amide bonds. The maximum atomic E-state index is 12.8. The second kappa shape index (κ2) is 8.96. The average molecular weight is 434 g/mol.